The van der Waals surface area contributed by atoms with E-state index < -0.39 is 0 Å². The van der Waals surface area contributed by atoms with Gasteiger partial charge in [0.25, 0.3) is 0 Å². The van der Waals surface area contributed by atoms with Gasteiger partial charge >= 0.3 is 0 Å². The first kappa shape index (κ1) is 19.1. The molecular weight excluding hydrogens is 382 g/mol. The normalized spacial score (nSPS) is 11.1. The molecule has 0 aliphatic carbocycles. The molecule has 0 unspecified atom stereocenters. The minimum absolute atomic E-state index is 0.101. The van der Waals surface area contributed by atoms with Gasteiger partial charge in [-0.15, -0.1) is 5.10 Å². The topological polar surface area (TPSA) is 72.7 Å². The van der Waals surface area contributed by atoms with Gasteiger partial charge in [0.2, 0.25) is 11.1 Å². The Labute approximate surface area is 173 Å². The van der Waals surface area contributed by atoms with E-state index in [4.69, 9.17) is 0 Å². The average molecular weight is 404 g/mol. The molecule has 0 saturated carbocycles. The van der Waals surface area contributed by atoms with Gasteiger partial charge in [-0.3, -0.25) is 4.79 Å². The van der Waals surface area contributed by atoms with Crippen molar-refractivity contribution in [3.05, 3.63) is 72.3 Å². The smallest absolute Gasteiger partial charge is 0.234 e. The number of hydrogen-bond donors (Lipinski definition) is 1. The lowest BCUT2D eigenvalue weighted by molar-refractivity contribution is -0.113. The molecule has 0 atom stereocenters. The number of aromatic nitrogens is 4. The van der Waals surface area contributed by atoms with Crippen LogP contribution in [0.5, 0.6) is 0 Å². The van der Waals surface area contributed by atoms with E-state index in [1.165, 1.54) is 17.3 Å². The number of nitrogens with zero attached hydrogens (tertiary/aromatic N) is 4. The number of anilines is 1. The third-order valence-electron chi connectivity index (χ3n) is 4.64. The molecule has 1 N–H and O–H groups in total. The Morgan fingerprint density at radius 1 is 1.03 bits per heavy atom. The van der Waals surface area contributed by atoms with Crippen LogP contribution in [0.4, 0.5) is 5.69 Å². The minimum Gasteiger partial charge on any atom is -0.325 e. The fourth-order valence-corrected chi connectivity index (χ4v) is 3.77. The van der Waals surface area contributed by atoms with Gasteiger partial charge in [-0.2, -0.15) is 4.68 Å². The molecule has 29 heavy (non-hydrogen) atoms. The fourth-order valence-electron chi connectivity index (χ4n) is 3.08. The number of fused-ring (bicyclic) bond motifs is 1. The zero-order valence-corrected chi connectivity index (χ0v) is 17.1. The van der Waals surface area contributed by atoms with Crippen LogP contribution in [0.15, 0.2) is 71.9 Å². The van der Waals surface area contributed by atoms with Gasteiger partial charge in [0, 0.05) is 11.1 Å². The molecule has 6 nitrogen and oxygen atoms in total. The average Bonchev–Trinajstić information content (AvgIpc) is 3.21. The summed E-state index contributed by atoms with van der Waals surface area (Å²) < 4.78 is 1.65. The van der Waals surface area contributed by atoms with Crippen LogP contribution < -0.4 is 5.32 Å². The number of carbonyl (C=O) groups excluding carboxylic acids is 1. The standard InChI is InChI=1S/C22H21N5OS/c1-15(2)16-10-12-18(13-11-16)27-22(24-25-26-27)29-14-21(28)23-20-9-5-7-17-6-3-4-8-19(17)20/h3-13,15H,14H2,1-2H3,(H,23,28). The number of benzene rings is 3. The molecule has 1 heterocycles. The Hall–Kier alpha value is -3.19. The number of carbonyl (C=O) groups is 1. The highest BCUT2D eigenvalue weighted by Gasteiger charge is 2.13. The van der Waals surface area contributed by atoms with Crippen molar-refractivity contribution >= 4 is 34.1 Å². The molecular formula is C22H21N5OS. The third-order valence-corrected chi connectivity index (χ3v) is 5.56. The van der Waals surface area contributed by atoms with Gasteiger partial charge in [-0.05, 0) is 45.5 Å². The lowest BCUT2D eigenvalue weighted by Gasteiger charge is -2.09. The highest BCUT2D eigenvalue weighted by atomic mass is 32.2. The van der Waals surface area contributed by atoms with Gasteiger partial charge < -0.3 is 5.32 Å². The maximum absolute atomic E-state index is 12.5. The van der Waals surface area contributed by atoms with Crippen molar-refractivity contribution in [2.24, 2.45) is 0 Å². The molecule has 1 amide bonds. The molecule has 0 fully saturated rings. The Bertz CT molecular complexity index is 1130. The molecule has 0 saturated heterocycles. The van der Waals surface area contributed by atoms with Crippen LogP contribution in [-0.4, -0.2) is 31.9 Å². The van der Waals surface area contributed by atoms with Crippen LogP contribution in [0, 0.1) is 0 Å². The number of thioether (sulfide) groups is 1. The second-order valence-electron chi connectivity index (χ2n) is 6.98. The van der Waals surface area contributed by atoms with Crippen LogP contribution in [0.2, 0.25) is 0 Å². The van der Waals surface area contributed by atoms with Crippen molar-refractivity contribution in [2.45, 2.75) is 24.9 Å². The fraction of sp³-hybridized carbons (Fsp3) is 0.182. The quantitative estimate of drug-likeness (QED) is 0.474. The first-order chi connectivity index (χ1) is 14.1. The summed E-state index contributed by atoms with van der Waals surface area (Å²) in [6, 6.07) is 22.0. The molecule has 0 aliphatic rings. The van der Waals surface area contributed by atoms with Crippen molar-refractivity contribution < 1.29 is 4.79 Å². The van der Waals surface area contributed by atoms with Crippen molar-refractivity contribution in [3.63, 3.8) is 0 Å². The molecule has 7 heteroatoms. The second kappa shape index (κ2) is 8.45. The van der Waals surface area contributed by atoms with E-state index in [2.05, 4.69) is 46.8 Å². The Kier molecular flexibility index (Phi) is 5.57. The van der Waals surface area contributed by atoms with E-state index in [0.717, 1.165) is 22.1 Å². The number of rotatable bonds is 6. The van der Waals surface area contributed by atoms with Crippen LogP contribution in [0.1, 0.15) is 25.3 Å². The number of amides is 1. The lowest BCUT2D eigenvalue weighted by Crippen LogP contribution is -2.14. The highest BCUT2D eigenvalue weighted by molar-refractivity contribution is 7.99. The van der Waals surface area contributed by atoms with Crippen LogP contribution in [-0.2, 0) is 4.79 Å². The summed E-state index contributed by atoms with van der Waals surface area (Å²) in [6.45, 7) is 4.31. The summed E-state index contributed by atoms with van der Waals surface area (Å²) >= 11 is 1.31. The number of tetrazole rings is 1. The predicted molar refractivity (Wildman–Crippen MR) is 117 cm³/mol. The van der Waals surface area contributed by atoms with Crippen LogP contribution in [0.25, 0.3) is 16.5 Å². The van der Waals surface area contributed by atoms with Gasteiger partial charge in [0.05, 0.1) is 11.4 Å². The maximum atomic E-state index is 12.5. The van der Waals surface area contributed by atoms with E-state index in [0.29, 0.717) is 11.1 Å². The molecule has 0 aliphatic heterocycles. The highest BCUT2D eigenvalue weighted by Crippen LogP contribution is 2.24. The molecule has 146 valence electrons. The monoisotopic (exact) mass is 403 g/mol. The van der Waals surface area contributed by atoms with Gasteiger partial charge in [-0.25, -0.2) is 0 Å². The molecule has 4 rings (SSSR count). The molecule has 1 aromatic heterocycles. The SMILES string of the molecule is CC(C)c1ccc(-n2nnnc2SCC(=O)Nc2cccc3ccccc23)cc1. The summed E-state index contributed by atoms with van der Waals surface area (Å²) in [5, 5.41) is 17.6. The van der Waals surface area contributed by atoms with Crippen molar-refractivity contribution in [1.82, 2.24) is 20.2 Å². The summed E-state index contributed by atoms with van der Waals surface area (Å²) in [7, 11) is 0. The first-order valence-electron chi connectivity index (χ1n) is 9.41. The van der Waals surface area contributed by atoms with Crippen LogP contribution in [0.3, 0.4) is 0 Å². The summed E-state index contributed by atoms with van der Waals surface area (Å²) in [5.41, 5.74) is 2.93. The summed E-state index contributed by atoms with van der Waals surface area (Å²) in [4.78, 5) is 12.5. The summed E-state index contributed by atoms with van der Waals surface area (Å²) in [5.74, 6) is 0.578. The van der Waals surface area contributed by atoms with E-state index in [9.17, 15) is 4.79 Å². The van der Waals surface area contributed by atoms with Crippen molar-refractivity contribution in [2.75, 3.05) is 11.1 Å². The largest absolute Gasteiger partial charge is 0.325 e. The van der Waals surface area contributed by atoms with Crippen LogP contribution >= 0.6 is 11.8 Å². The van der Waals surface area contributed by atoms with E-state index >= 15 is 0 Å². The maximum Gasteiger partial charge on any atom is 0.234 e. The lowest BCUT2D eigenvalue weighted by atomic mass is 10.0. The van der Waals surface area contributed by atoms with Crippen molar-refractivity contribution in [1.29, 1.82) is 0 Å². The Morgan fingerprint density at radius 3 is 2.59 bits per heavy atom. The minimum atomic E-state index is -0.101. The van der Waals surface area contributed by atoms with E-state index in [1.807, 2.05) is 54.6 Å². The molecule has 0 radical (unpaired) electrons. The van der Waals surface area contributed by atoms with Crippen molar-refractivity contribution in [3.8, 4) is 5.69 Å². The zero-order valence-electron chi connectivity index (χ0n) is 16.2. The number of hydrogen-bond acceptors (Lipinski definition) is 5. The third kappa shape index (κ3) is 4.30. The Balaban J connectivity index is 1.44. The molecule has 0 spiro atoms. The van der Waals surface area contributed by atoms with Gasteiger partial charge in [0.15, 0.2) is 0 Å². The summed E-state index contributed by atoms with van der Waals surface area (Å²) in [6.07, 6.45) is 0. The van der Waals surface area contributed by atoms with Gasteiger partial charge in [-0.1, -0.05) is 74.1 Å². The predicted octanol–water partition coefficient (Wildman–Crippen LogP) is 4.67. The Morgan fingerprint density at radius 2 is 1.79 bits per heavy atom. The van der Waals surface area contributed by atoms with E-state index in [-0.39, 0.29) is 11.7 Å². The first-order valence-corrected chi connectivity index (χ1v) is 10.4. The zero-order chi connectivity index (χ0) is 20.2. The van der Waals surface area contributed by atoms with Gasteiger partial charge in [0.1, 0.15) is 0 Å². The molecule has 3 aromatic carbocycles. The van der Waals surface area contributed by atoms with E-state index in [1.54, 1.807) is 4.68 Å². The molecule has 4 aromatic rings. The number of nitrogens with one attached hydrogen (secondary N) is 1. The second-order valence-corrected chi connectivity index (χ2v) is 7.93. The molecule has 0 bridgehead atoms.